The molecule has 0 aliphatic heterocycles. The van der Waals surface area contributed by atoms with E-state index in [4.69, 9.17) is 4.74 Å². The van der Waals surface area contributed by atoms with Crippen molar-refractivity contribution >= 4 is 21.4 Å². The Hall–Kier alpha value is -0.470. The summed E-state index contributed by atoms with van der Waals surface area (Å²) in [5.41, 5.74) is 0. The van der Waals surface area contributed by atoms with Gasteiger partial charge in [-0.2, -0.15) is 4.31 Å². The van der Waals surface area contributed by atoms with Gasteiger partial charge in [-0.3, -0.25) is 0 Å². The van der Waals surface area contributed by atoms with Crippen LogP contribution in [-0.2, 0) is 21.3 Å². The number of ether oxygens (including phenoxy) is 1. The number of thiophene rings is 1. The second kappa shape index (κ2) is 8.09. The summed E-state index contributed by atoms with van der Waals surface area (Å²) in [6.45, 7) is 8.22. The predicted molar refractivity (Wildman–Crippen MR) is 82.6 cm³/mol. The number of likely N-dealkylation sites (N-methyl/N-ethyl adjacent to an activating group) is 1. The lowest BCUT2D eigenvalue weighted by atomic mass is 10.4. The van der Waals surface area contributed by atoms with Crippen molar-refractivity contribution in [1.82, 2.24) is 9.62 Å². The van der Waals surface area contributed by atoms with Crippen molar-refractivity contribution in [2.24, 2.45) is 0 Å². The third kappa shape index (κ3) is 5.14. The summed E-state index contributed by atoms with van der Waals surface area (Å²) in [4.78, 5) is 1.03. The fraction of sp³-hybridized carbons (Fsp3) is 0.692. The maximum Gasteiger partial charge on any atom is 0.252 e. The molecule has 1 aromatic heterocycles. The number of nitrogens with one attached hydrogen (secondary N) is 1. The molecular formula is C13H24N2O3S2. The molecule has 0 unspecified atom stereocenters. The van der Waals surface area contributed by atoms with Crippen LogP contribution >= 0.6 is 11.3 Å². The molecule has 0 fully saturated rings. The topological polar surface area (TPSA) is 58.6 Å². The fourth-order valence-electron chi connectivity index (χ4n) is 1.53. The summed E-state index contributed by atoms with van der Waals surface area (Å²) in [6, 6.07) is 3.53. The van der Waals surface area contributed by atoms with E-state index < -0.39 is 10.0 Å². The molecule has 0 spiro atoms. The molecule has 5 nitrogen and oxygen atoms in total. The molecule has 0 aliphatic carbocycles. The first kappa shape index (κ1) is 17.6. The highest BCUT2D eigenvalue weighted by Gasteiger charge is 2.22. The Kier molecular flexibility index (Phi) is 7.11. The van der Waals surface area contributed by atoms with Gasteiger partial charge in [0.1, 0.15) is 4.21 Å². The predicted octanol–water partition coefficient (Wildman–Crippen LogP) is 1.90. The van der Waals surface area contributed by atoms with Crippen LogP contribution in [0.15, 0.2) is 16.3 Å². The highest BCUT2D eigenvalue weighted by atomic mass is 32.2. The van der Waals surface area contributed by atoms with E-state index in [-0.39, 0.29) is 6.10 Å². The third-order valence-corrected chi connectivity index (χ3v) is 6.12. The second-order valence-electron chi connectivity index (χ2n) is 4.75. The number of rotatable bonds is 9. The molecule has 0 saturated carbocycles. The van der Waals surface area contributed by atoms with Gasteiger partial charge in [-0.1, -0.05) is 6.92 Å². The summed E-state index contributed by atoms with van der Waals surface area (Å²) in [5, 5.41) is 3.19. The molecule has 0 aromatic carbocycles. The van der Waals surface area contributed by atoms with Gasteiger partial charge in [0, 0.05) is 25.0 Å². The van der Waals surface area contributed by atoms with Crippen LogP contribution in [0.1, 0.15) is 25.6 Å². The van der Waals surface area contributed by atoms with Crippen LogP contribution in [0.2, 0.25) is 0 Å². The van der Waals surface area contributed by atoms with Crippen molar-refractivity contribution in [2.75, 3.05) is 26.7 Å². The highest BCUT2D eigenvalue weighted by molar-refractivity contribution is 7.91. The van der Waals surface area contributed by atoms with Gasteiger partial charge in [-0.15, -0.1) is 11.3 Å². The smallest absolute Gasteiger partial charge is 0.252 e. The van der Waals surface area contributed by atoms with Crippen LogP contribution in [-0.4, -0.2) is 45.6 Å². The Labute approximate surface area is 126 Å². The van der Waals surface area contributed by atoms with Crippen LogP contribution in [0.25, 0.3) is 0 Å². The van der Waals surface area contributed by atoms with Gasteiger partial charge in [-0.25, -0.2) is 8.42 Å². The van der Waals surface area contributed by atoms with Gasteiger partial charge in [-0.05, 0) is 32.5 Å². The van der Waals surface area contributed by atoms with E-state index in [0.717, 1.165) is 11.4 Å². The second-order valence-corrected chi connectivity index (χ2v) is 8.19. The minimum Gasteiger partial charge on any atom is -0.377 e. The van der Waals surface area contributed by atoms with Crippen molar-refractivity contribution in [3.8, 4) is 0 Å². The lowest BCUT2D eigenvalue weighted by Crippen LogP contribution is -2.30. The number of hydrogen-bond donors (Lipinski definition) is 1. The van der Waals surface area contributed by atoms with Gasteiger partial charge in [0.15, 0.2) is 0 Å². The first-order chi connectivity index (χ1) is 9.37. The number of nitrogens with zero attached hydrogens (tertiary/aromatic N) is 1. The summed E-state index contributed by atoms with van der Waals surface area (Å²) in [6.07, 6.45) is 0.111. The zero-order valence-electron chi connectivity index (χ0n) is 12.5. The Morgan fingerprint density at radius 3 is 2.70 bits per heavy atom. The molecule has 0 radical (unpaired) electrons. The maximum absolute atomic E-state index is 12.4. The summed E-state index contributed by atoms with van der Waals surface area (Å²) in [7, 11) is -1.81. The maximum atomic E-state index is 12.4. The van der Waals surface area contributed by atoms with E-state index in [9.17, 15) is 8.42 Å². The third-order valence-electron chi connectivity index (χ3n) is 2.71. The van der Waals surface area contributed by atoms with Crippen LogP contribution < -0.4 is 5.32 Å². The Balaban J connectivity index is 2.64. The molecule has 1 rings (SSSR count). The quantitative estimate of drug-likeness (QED) is 0.755. The van der Waals surface area contributed by atoms with E-state index in [1.54, 1.807) is 13.1 Å². The highest BCUT2D eigenvalue weighted by Crippen LogP contribution is 2.24. The molecule has 1 heterocycles. The number of hydrogen-bond acceptors (Lipinski definition) is 5. The Morgan fingerprint density at radius 1 is 1.40 bits per heavy atom. The van der Waals surface area contributed by atoms with E-state index in [2.05, 4.69) is 5.32 Å². The van der Waals surface area contributed by atoms with E-state index in [1.165, 1.54) is 15.6 Å². The zero-order chi connectivity index (χ0) is 15.2. The van der Waals surface area contributed by atoms with Gasteiger partial charge in [0.05, 0.1) is 12.7 Å². The van der Waals surface area contributed by atoms with Gasteiger partial charge in [0.25, 0.3) is 10.0 Å². The Bertz CT molecular complexity index is 497. The molecule has 20 heavy (non-hydrogen) atoms. The molecule has 0 aliphatic rings. The van der Waals surface area contributed by atoms with Gasteiger partial charge < -0.3 is 10.1 Å². The fourth-order valence-corrected chi connectivity index (χ4v) is 4.22. The molecule has 1 aromatic rings. The van der Waals surface area contributed by atoms with Crippen molar-refractivity contribution in [1.29, 1.82) is 0 Å². The van der Waals surface area contributed by atoms with Gasteiger partial charge in [0.2, 0.25) is 0 Å². The van der Waals surface area contributed by atoms with Crippen LogP contribution in [0, 0.1) is 0 Å². The van der Waals surface area contributed by atoms with Crippen LogP contribution in [0.3, 0.4) is 0 Å². The standard InChI is InChI=1S/C13H24N2O3S2/c1-5-14-10-12-6-7-13(19-12)20(16,17)15(4)8-9-18-11(2)3/h6-7,11,14H,5,8-10H2,1-4H3. The molecule has 0 atom stereocenters. The van der Waals surface area contributed by atoms with E-state index >= 15 is 0 Å². The van der Waals surface area contributed by atoms with Crippen LogP contribution in [0.5, 0.6) is 0 Å². The average Bonchev–Trinajstić information content (AvgIpc) is 2.85. The van der Waals surface area contributed by atoms with E-state index in [0.29, 0.717) is 23.9 Å². The van der Waals surface area contributed by atoms with Crippen molar-refractivity contribution in [2.45, 2.75) is 37.6 Å². The minimum absolute atomic E-state index is 0.111. The first-order valence-corrected chi connectivity index (χ1v) is 9.01. The first-order valence-electron chi connectivity index (χ1n) is 6.75. The van der Waals surface area contributed by atoms with Gasteiger partial charge >= 0.3 is 0 Å². The normalized spacial score (nSPS) is 12.5. The summed E-state index contributed by atoms with van der Waals surface area (Å²) in [5.74, 6) is 0. The SMILES string of the molecule is CCNCc1ccc(S(=O)(=O)N(C)CCOC(C)C)s1. The average molecular weight is 320 g/mol. The monoisotopic (exact) mass is 320 g/mol. The van der Waals surface area contributed by atoms with E-state index in [1.807, 2.05) is 26.8 Å². The molecule has 1 N–H and O–H groups in total. The minimum atomic E-state index is -3.40. The zero-order valence-corrected chi connectivity index (χ0v) is 14.2. The Morgan fingerprint density at radius 2 is 2.10 bits per heavy atom. The summed E-state index contributed by atoms with van der Waals surface area (Å²) < 4.78 is 31.8. The van der Waals surface area contributed by atoms with Crippen molar-refractivity contribution < 1.29 is 13.2 Å². The summed E-state index contributed by atoms with van der Waals surface area (Å²) >= 11 is 1.31. The molecule has 7 heteroatoms. The molecule has 0 amide bonds. The molecule has 116 valence electrons. The molecular weight excluding hydrogens is 296 g/mol. The molecule has 0 saturated heterocycles. The van der Waals surface area contributed by atoms with Crippen molar-refractivity contribution in [3.05, 3.63) is 17.0 Å². The number of sulfonamides is 1. The lowest BCUT2D eigenvalue weighted by Gasteiger charge is -2.16. The van der Waals surface area contributed by atoms with Crippen LogP contribution in [0.4, 0.5) is 0 Å². The largest absolute Gasteiger partial charge is 0.377 e. The van der Waals surface area contributed by atoms with Crippen molar-refractivity contribution in [3.63, 3.8) is 0 Å². The lowest BCUT2D eigenvalue weighted by molar-refractivity contribution is 0.0737. The molecule has 0 bridgehead atoms.